The number of rotatable bonds is 3. The number of nitriles is 1. The summed E-state index contributed by atoms with van der Waals surface area (Å²) >= 11 is 0. The fourth-order valence-corrected chi connectivity index (χ4v) is 9.52. The van der Waals surface area contributed by atoms with Crippen LogP contribution in [0.25, 0.3) is 27.8 Å². The molecule has 0 bridgehead atoms. The van der Waals surface area contributed by atoms with Crippen molar-refractivity contribution in [3.05, 3.63) is 190 Å². The first-order valence-corrected chi connectivity index (χ1v) is 17.4. The lowest BCUT2D eigenvalue weighted by atomic mass is 9.69. The van der Waals surface area contributed by atoms with Gasteiger partial charge in [-0.2, -0.15) is 5.26 Å². The van der Waals surface area contributed by atoms with E-state index in [9.17, 15) is 5.26 Å². The van der Waals surface area contributed by atoms with Crippen LogP contribution in [-0.2, 0) is 10.8 Å². The highest BCUT2D eigenvalue weighted by Crippen LogP contribution is 2.64. The molecule has 2 nitrogen and oxygen atoms in total. The molecule has 10 rings (SSSR count). The monoisotopic (exact) mass is 644 g/mol. The first kappa shape index (κ1) is 29.0. The van der Waals surface area contributed by atoms with Crippen LogP contribution in [0.1, 0.15) is 65.6 Å². The van der Waals surface area contributed by atoms with E-state index in [4.69, 9.17) is 0 Å². The van der Waals surface area contributed by atoms with E-state index in [1.807, 2.05) is 4.90 Å². The van der Waals surface area contributed by atoms with Crippen LogP contribution in [0, 0.1) is 17.1 Å². The Kier molecular flexibility index (Phi) is 5.95. The molecule has 4 aliphatic rings. The summed E-state index contributed by atoms with van der Waals surface area (Å²) in [6, 6.07) is 46.4. The Labute approximate surface area is 292 Å². The third-order valence-corrected chi connectivity index (χ3v) is 11.7. The molecule has 0 aromatic heterocycles. The number of hydrogen-bond donors (Lipinski definition) is 0. The zero-order chi connectivity index (χ0) is 33.8. The summed E-state index contributed by atoms with van der Waals surface area (Å²) in [5, 5.41) is 9.62. The normalized spacial score (nSPS) is 18.2. The van der Waals surface area contributed by atoms with Gasteiger partial charge in [0.2, 0.25) is 0 Å². The van der Waals surface area contributed by atoms with Crippen LogP contribution >= 0.6 is 0 Å². The van der Waals surface area contributed by atoms with Gasteiger partial charge in [0.05, 0.1) is 22.7 Å². The van der Waals surface area contributed by atoms with Crippen molar-refractivity contribution in [3.63, 3.8) is 0 Å². The molecule has 1 spiro atoms. The number of nitrogens with zero attached hydrogens (tertiary/aromatic N) is 2. The lowest BCUT2D eigenvalue weighted by Crippen LogP contribution is -2.27. The highest BCUT2D eigenvalue weighted by atomic mass is 19.1. The molecule has 0 fully saturated rings. The second kappa shape index (κ2) is 10.3. The number of anilines is 3. The summed E-state index contributed by atoms with van der Waals surface area (Å²) in [4.78, 5) is 2.04. The van der Waals surface area contributed by atoms with Gasteiger partial charge in [-0.3, -0.25) is 0 Å². The van der Waals surface area contributed by atoms with E-state index in [1.165, 1.54) is 72.8 Å². The van der Waals surface area contributed by atoms with Crippen molar-refractivity contribution in [1.29, 1.82) is 5.26 Å². The molecule has 6 aromatic carbocycles. The van der Waals surface area contributed by atoms with Gasteiger partial charge in [0, 0.05) is 16.8 Å². The maximum absolute atomic E-state index is 16.3. The van der Waals surface area contributed by atoms with E-state index in [0.717, 1.165) is 24.2 Å². The van der Waals surface area contributed by atoms with Crippen molar-refractivity contribution in [2.75, 3.05) is 4.90 Å². The molecule has 6 aromatic rings. The summed E-state index contributed by atoms with van der Waals surface area (Å²) in [7, 11) is 0. The zero-order valence-corrected chi connectivity index (χ0v) is 28.0. The van der Waals surface area contributed by atoms with Crippen LogP contribution in [-0.4, -0.2) is 0 Å². The Bertz CT molecular complexity index is 2560. The van der Waals surface area contributed by atoms with Gasteiger partial charge in [-0.25, -0.2) is 4.39 Å². The molecule has 50 heavy (non-hydrogen) atoms. The summed E-state index contributed by atoms with van der Waals surface area (Å²) in [6.07, 6.45) is 6.72. The Morgan fingerprint density at radius 3 is 1.90 bits per heavy atom. The largest absolute Gasteiger partial charge is 0.308 e. The SMILES string of the molecule is CC1(C)c2ccccc2-c2ccc(N(c3ccc4c(c3)C3(C5=C(CCC=C5)c5ccccc53)c3ccccc3-4)c3ccc(C#N)cc3F)cc21. The molecule has 0 amide bonds. The Hall–Kier alpha value is -5.98. The first-order chi connectivity index (χ1) is 24.4. The van der Waals surface area contributed by atoms with Gasteiger partial charge < -0.3 is 4.90 Å². The zero-order valence-electron chi connectivity index (χ0n) is 28.0. The van der Waals surface area contributed by atoms with Crippen LogP contribution in [0.2, 0.25) is 0 Å². The maximum Gasteiger partial charge on any atom is 0.148 e. The van der Waals surface area contributed by atoms with Crippen LogP contribution in [0.5, 0.6) is 0 Å². The fourth-order valence-electron chi connectivity index (χ4n) is 9.52. The second-order valence-corrected chi connectivity index (χ2v) is 14.4. The lowest BCUT2D eigenvalue weighted by Gasteiger charge is -2.33. The van der Waals surface area contributed by atoms with Crippen LogP contribution in [0.4, 0.5) is 21.5 Å². The van der Waals surface area contributed by atoms with Crippen molar-refractivity contribution in [2.24, 2.45) is 0 Å². The molecule has 0 heterocycles. The average molecular weight is 645 g/mol. The minimum Gasteiger partial charge on any atom is -0.308 e. The molecule has 3 heteroatoms. The molecular weight excluding hydrogens is 612 g/mol. The van der Waals surface area contributed by atoms with Gasteiger partial charge in [-0.15, -0.1) is 0 Å². The highest BCUT2D eigenvalue weighted by Gasteiger charge is 2.52. The van der Waals surface area contributed by atoms with Gasteiger partial charge in [0.1, 0.15) is 5.82 Å². The van der Waals surface area contributed by atoms with Gasteiger partial charge in [0.15, 0.2) is 0 Å². The van der Waals surface area contributed by atoms with E-state index in [-0.39, 0.29) is 5.41 Å². The van der Waals surface area contributed by atoms with E-state index in [1.54, 1.807) is 12.1 Å². The smallest absolute Gasteiger partial charge is 0.148 e. The molecule has 4 aliphatic carbocycles. The Morgan fingerprint density at radius 1 is 0.620 bits per heavy atom. The van der Waals surface area contributed by atoms with Gasteiger partial charge >= 0.3 is 0 Å². The Morgan fingerprint density at radius 2 is 1.20 bits per heavy atom. The summed E-state index contributed by atoms with van der Waals surface area (Å²) < 4.78 is 16.3. The van der Waals surface area contributed by atoms with Gasteiger partial charge in [-0.1, -0.05) is 111 Å². The minimum atomic E-state index is -0.471. The van der Waals surface area contributed by atoms with E-state index in [0.29, 0.717) is 11.3 Å². The first-order valence-electron chi connectivity index (χ1n) is 17.4. The van der Waals surface area contributed by atoms with Crippen molar-refractivity contribution in [1.82, 2.24) is 0 Å². The van der Waals surface area contributed by atoms with E-state index < -0.39 is 11.2 Å². The van der Waals surface area contributed by atoms with Crippen molar-refractivity contribution in [2.45, 2.75) is 37.5 Å². The van der Waals surface area contributed by atoms with Crippen molar-refractivity contribution < 1.29 is 4.39 Å². The molecule has 0 saturated heterocycles. The number of hydrogen-bond acceptors (Lipinski definition) is 2. The summed E-state index contributed by atoms with van der Waals surface area (Å²) in [5.41, 5.74) is 17.1. The van der Waals surface area contributed by atoms with E-state index in [2.05, 4.69) is 141 Å². The predicted molar refractivity (Wildman–Crippen MR) is 200 cm³/mol. The number of benzene rings is 6. The molecule has 0 radical (unpaired) electrons. The topological polar surface area (TPSA) is 27.0 Å². The van der Waals surface area contributed by atoms with Crippen LogP contribution in [0.15, 0.2) is 145 Å². The number of halogens is 1. The third kappa shape index (κ3) is 3.66. The van der Waals surface area contributed by atoms with Crippen molar-refractivity contribution in [3.8, 4) is 28.3 Å². The number of allylic oxidation sites excluding steroid dienone is 4. The minimum absolute atomic E-state index is 0.218. The lowest BCUT2D eigenvalue weighted by molar-refractivity contribution is 0.628. The van der Waals surface area contributed by atoms with Gasteiger partial charge in [0.25, 0.3) is 0 Å². The van der Waals surface area contributed by atoms with Crippen LogP contribution < -0.4 is 4.90 Å². The number of fused-ring (bicyclic) bond motifs is 12. The fraction of sp³-hybridized carbons (Fsp3) is 0.128. The third-order valence-electron chi connectivity index (χ3n) is 11.7. The highest BCUT2D eigenvalue weighted by molar-refractivity contribution is 5.97. The molecule has 1 unspecified atom stereocenters. The Balaban J connectivity index is 1.24. The molecule has 238 valence electrons. The molecule has 1 atom stereocenters. The average Bonchev–Trinajstić information content (AvgIpc) is 3.71. The van der Waals surface area contributed by atoms with E-state index >= 15 is 4.39 Å². The van der Waals surface area contributed by atoms with Gasteiger partial charge in [-0.05, 0) is 122 Å². The molecule has 0 aliphatic heterocycles. The predicted octanol–water partition coefficient (Wildman–Crippen LogP) is 11.9. The molecule has 0 saturated carbocycles. The molecule has 0 N–H and O–H groups in total. The van der Waals surface area contributed by atoms with Crippen LogP contribution in [0.3, 0.4) is 0 Å². The maximum atomic E-state index is 16.3. The second-order valence-electron chi connectivity index (χ2n) is 14.4. The summed E-state index contributed by atoms with van der Waals surface area (Å²) in [5.74, 6) is -0.433. The molecular formula is C47H33FN2. The summed E-state index contributed by atoms with van der Waals surface area (Å²) in [6.45, 7) is 4.54. The quantitative estimate of drug-likeness (QED) is 0.192. The van der Waals surface area contributed by atoms with Crippen molar-refractivity contribution >= 4 is 22.6 Å². The standard InChI is InChI=1S/C47H33FN2/c1-46(2)38-15-7-3-11-32(38)36-22-20-30(26-42(36)46)50(45-24-19-29(28-49)25-44(45)48)31-21-23-37-35-14-6-10-18-41(35)47(43(37)27-31)39-16-8-4-12-33(39)34-13-5-9-17-40(34)47/h3-4,6-12,14-27H,5,13H2,1-2H3.